The lowest BCUT2D eigenvalue weighted by atomic mass is 10.2. The standard InChI is InChI=1S/C5H11NO2/c6-5(8)3-1-2-4-7/h4-5,8H,1-3,6H2. The molecule has 0 aliphatic rings. The Kier molecular flexibility index (Phi) is 4.50. The van der Waals surface area contributed by atoms with Gasteiger partial charge < -0.3 is 15.6 Å². The lowest BCUT2D eigenvalue weighted by molar-refractivity contribution is -0.108. The predicted molar refractivity (Wildman–Crippen MR) is 30.1 cm³/mol. The summed E-state index contributed by atoms with van der Waals surface area (Å²) in [5.74, 6) is 0. The molecule has 8 heavy (non-hydrogen) atoms. The highest BCUT2D eigenvalue weighted by Gasteiger charge is 1.92. The van der Waals surface area contributed by atoms with Crippen molar-refractivity contribution in [2.75, 3.05) is 0 Å². The van der Waals surface area contributed by atoms with E-state index in [4.69, 9.17) is 10.8 Å². The quantitative estimate of drug-likeness (QED) is 0.300. The normalized spacial score (nSPS) is 13.2. The predicted octanol–water partition coefficient (Wildman–Crippen LogP) is -0.367. The lowest BCUT2D eigenvalue weighted by Crippen LogP contribution is -2.17. The van der Waals surface area contributed by atoms with Gasteiger partial charge in [0.1, 0.15) is 12.5 Å². The molecule has 0 aliphatic carbocycles. The first-order valence-electron chi connectivity index (χ1n) is 2.64. The first kappa shape index (κ1) is 7.59. The van der Waals surface area contributed by atoms with Gasteiger partial charge in [-0.2, -0.15) is 0 Å². The third-order valence-electron chi connectivity index (χ3n) is 0.822. The molecule has 0 aliphatic heterocycles. The highest BCUT2D eigenvalue weighted by molar-refractivity contribution is 5.48. The van der Waals surface area contributed by atoms with Crippen molar-refractivity contribution in [2.45, 2.75) is 25.5 Å². The fourth-order valence-corrected chi connectivity index (χ4v) is 0.410. The van der Waals surface area contributed by atoms with Crippen molar-refractivity contribution in [3.05, 3.63) is 0 Å². The Morgan fingerprint density at radius 3 is 2.75 bits per heavy atom. The van der Waals surface area contributed by atoms with E-state index in [9.17, 15) is 4.79 Å². The zero-order valence-electron chi connectivity index (χ0n) is 4.71. The van der Waals surface area contributed by atoms with Crippen LogP contribution in [-0.2, 0) is 4.79 Å². The monoisotopic (exact) mass is 117 g/mol. The molecule has 0 rings (SSSR count). The van der Waals surface area contributed by atoms with E-state index in [1.165, 1.54) is 0 Å². The molecule has 3 heteroatoms. The molecular formula is C5H11NO2. The SMILES string of the molecule is NC(O)CCCC=O. The van der Waals surface area contributed by atoms with Gasteiger partial charge >= 0.3 is 0 Å². The summed E-state index contributed by atoms with van der Waals surface area (Å²) in [7, 11) is 0. The Labute approximate surface area is 48.5 Å². The van der Waals surface area contributed by atoms with Crippen molar-refractivity contribution in [3.63, 3.8) is 0 Å². The van der Waals surface area contributed by atoms with E-state index in [2.05, 4.69) is 0 Å². The van der Waals surface area contributed by atoms with E-state index in [1.54, 1.807) is 0 Å². The Balaban J connectivity index is 2.81. The van der Waals surface area contributed by atoms with Gasteiger partial charge in [0.2, 0.25) is 0 Å². The van der Waals surface area contributed by atoms with Crippen LogP contribution < -0.4 is 5.73 Å². The van der Waals surface area contributed by atoms with Gasteiger partial charge in [-0.25, -0.2) is 0 Å². The number of carbonyl (C=O) groups is 1. The molecule has 0 aromatic heterocycles. The third-order valence-corrected chi connectivity index (χ3v) is 0.822. The molecule has 0 spiro atoms. The Morgan fingerprint density at radius 2 is 2.38 bits per heavy atom. The molecule has 0 amide bonds. The van der Waals surface area contributed by atoms with Gasteiger partial charge in [0.15, 0.2) is 0 Å². The molecule has 0 heterocycles. The summed E-state index contributed by atoms with van der Waals surface area (Å²) < 4.78 is 0. The van der Waals surface area contributed by atoms with Crippen LogP contribution in [0.1, 0.15) is 19.3 Å². The average molecular weight is 117 g/mol. The number of carbonyl (C=O) groups excluding carboxylic acids is 1. The summed E-state index contributed by atoms with van der Waals surface area (Å²) in [6.45, 7) is 0. The average Bonchev–Trinajstić information content (AvgIpc) is 1.66. The van der Waals surface area contributed by atoms with Gasteiger partial charge in [0.05, 0.1) is 0 Å². The first-order valence-corrected chi connectivity index (χ1v) is 2.64. The van der Waals surface area contributed by atoms with Crippen molar-refractivity contribution in [1.82, 2.24) is 0 Å². The number of aliphatic hydroxyl groups excluding tert-OH is 1. The van der Waals surface area contributed by atoms with E-state index >= 15 is 0 Å². The number of aldehydes is 1. The molecule has 1 atom stereocenters. The minimum absolute atomic E-state index is 0.494. The second kappa shape index (κ2) is 4.74. The topological polar surface area (TPSA) is 63.3 Å². The Morgan fingerprint density at radius 1 is 1.75 bits per heavy atom. The number of hydrogen-bond acceptors (Lipinski definition) is 3. The first-order chi connectivity index (χ1) is 3.77. The van der Waals surface area contributed by atoms with E-state index in [-0.39, 0.29) is 0 Å². The molecule has 0 fully saturated rings. The van der Waals surface area contributed by atoms with Crippen LogP contribution in [0.2, 0.25) is 0 Å². The fraction of sp³-hybridized carbons (Fsp3) is 0.800. The highest BCUT2D eigenvalue weighted by Crippen LogP contribution is 1.92. The van der Waals surface area contributed by atoms with Crippen LogP contribution in [0.4, 0.5) is 0 Å². The van der Waals surface area contributed by atoms with Gasteiger partial charge in [-0.05, 0) is 12.8 Å². The van der Waals surface area contributed by atoms with Crippen molar-refractivity contribution < 1.29 is 9.90 Å². The van der Waals surface area contributed by atoms with Gasteiger partial charge in [0, 0.05) is 6.42 Å². The molecule has 0 radical (unpaired) electrons. The van der Waals surface area contributed by atoms with Crippen LogP contribution in [0.5, 0.6) is 0 Å². The van der Waals surface area contributed by atoms with Crippen LogP contribution in [-0.4, -0.2) is 17.6 Å². The smallest absolute Gasteiger partial charge is 0.119 e. The fourth-order valence-electron chi connectivity index (χ4n) is 0.410. The van der Waals surface area contributed by atoms with Crippen molar-refractivity contribution in [2.24, 2.45) is 5.73 Å². The van der Waals surface area contributed by atoms with Gasteiger partial charge in [-0.1, -0.05) is 0 Å². The van der Waals surface area contributed by atoms with Crippen LogP contribution in [0.25, 0.3) is 0 Å². The molecule has 0 saturated carbocycles. The maximum Gasteiger partial charge on any atom is 0.119 e. The maximum atomic E-state index is 9.66. The molecule has 1 unspecified atom stereocenters. The zero-order valence-corrected chi connectivity index (χ0v) is 4.71. The minimum Gasteiger partial charge on any atom is -0.379 e. The number of rotatable bonds is 4. The lowest BCUT2D eigenvalue weighted by Gasteiger charge is -1.98. The molecule has 3 N–H and O–H groups in total. The third kappa shape index (κ3) is 5.59. The number of hydrogen-bond donors (Lipinski definition) is 2. The minimum atomic E-state index is -0.755. The molecule has 0 bridgehead atoms. The summed E-state index contributed by atoms with van der Waals surface area (Å²) in [5.41, 5.74) is 4.97. The van der Waals surface area contributed by atoms with Gasteiger partial charge in [-0.15, -0.1) is 0 Å². The molecule has 48 valence electrons. The molecule has 3 nitrogen and oxygen atoms in total. The summed E-state index contributed by atoms with van der Waals surface area (Å²) in [6.07, 6.45) is 1.76. The Hall–Kier alpha value is -0.410. The van der Waals surface area contributed by atoms with Gasteiger partial charge in [0.25, 0.3) is 0 Å². The number of aliphatic hydroxyl groups is 1. The van der Waals surface area contributed by atoms with Crippen molar-refractivity contribution in [3.8, 4) is 0 Å². The summed E-state index contributed by atoms with van der Waals surface area (Å²) in [6, 6.07) is 0. The van der Waals surface area contributed by atoms with E-state index in [0.717, 1.165) is 6.29 Å². The van der Waals surface area contributed by atoms with E-state index in [1.807, 2.05) is 0 Å². The second-order valence-corrected chi connectivity index (χ2v) is 1.66. The van der Waals surface area contributed by atoms with Crippen LogP contribution in [0.3, 0.4) is 0 Å². The molecule has 0 aromatic carbocycles. The highest BCUT2D eigenvalue weighted by atomic mass is 16.3. The summed E-state index contributed by atoms with van der Waals surface area (Å²) >= 11 is 0. The van der Waals surface area contributed by atoms with E-state index in [0.29, 0.717) is 19.3 Å². The van der Waals surface area contributed by atoms with Crippen molar-refractivity contribution >= 4 is 6.29 Å². The van der Waals surface area contributed by atoms with Gasteiger partial charge in [-0.3, -0.25) is 0 Å². The number of nitrogens with two attached hydrogens (primary N) is 1. The van der Waals surface area contributed by atoms with Crippen LogP contribution in [0.15, 0.2) is 0 Å². The van der Waals surface area contributed by atoms with Crippen LogP contribution >= 0.6 is 0 Å². The van der Waals surface area contributed by atoms with E-state index < -0.39 is 6.23 Å². The molecule has 0 aromatic rings. The van der Waals surface area contributed by atoms with Crippen LogP contribution in [0, 0.1) is 0 Å². The summed E-state index contributed by atoms with van der Waals surface area (Å²) in [5, 5.41) is 8.44. The maximum absolute atomic E-state index is 9.66. The Bertz CT molecular complexity index is 63.4. The van der Waals surface area contributed by atoms with Crippen molar-refractivity contribution in [1.29, 1.82) is 0 Å². The molecule has 0 saturated heterocycles. The number of unbranched alkanes of at least 4 members (excludes halogenated alkanes) is 1. The summed E-state index contributed by atoms with van der Waals surface area (Å²) in [4.78, 5) is 9.66. The molecular weight excluding hydrogens is 106 g/mol. The second-order valence-electron chi connectivity index (χ2n) is 1.66. The largest absolute Gasteiger partial charge is 0.379 e. The zero-order chi connectivity index (χ0) is 6.41.